The number of hydrogen-bond donors (Lipinski definition) is 2. The van der Waals surface area contributed by atoms with E-state index in [-0.39, 0.29) is 24.3 Å². The number of carbonyl (C=O) groups is 3. The highest BCUT2D eigenvalue weighted by atomic mass is 32.2. The monoisotopic (exact) mass is 678 g/mol. The fourth-order valence-electron chi connectivity index (χ4n) is 5.72. The van der Waals surface area contributed by atoms with E-state index in [9.17, 15) is 28.1 Å². The SMILES string of the molecule is CC(C)(C)OC(=O)C(Cc1ccc(-c2ccccc2C#N)cc1)NC(=O)C1C[C@@H](NC(=O)c2ccccc2)CN1S(=O)(=O)c1ccccc1. The summed E-state index contributed by atoms with van der Waals surface area (Å²) >= 11 is 0. The molecule has 49 heavy (non-hydrogen) atoms. The molecule has 0 radical (unpaired) electrons. The molecule has 252 valence electrons. The quantitative estimate of drug-likeness (QED) is 0.228. The molecule has 3 atom stereocenters. The second kappa shape index (κ2) is 14.8. The van der Waals surface area contributed by atoms with Gasteiger partial charge in [0.05, 0.1) is 16.5 Å². The summed E-state index contributed by atoms with van der Waals surface area (Å²) in [5.74, 6) is -1.76. The summed E-state index contributed by atoms with van der Waals surface area (Å²) in [6.07, 6.45) is 0.0532. The summed E-state index contributed by atoms with van der Waals surface area (Å²) in [4.78, 5) is 40.5. The largest absolute Gasteiger partial charge is 0.458 e. The van der Waals surface area contributed by atoms with Gasteiger partial charge in [0.1, 0.15) is 17.7 Å². The van der Waals surface area contributed by atoms with Crippen molar-refractivity contribution in [3.8, 4) is 17.2 Å². The van der Waals surface area contributed by atoms with E-state index in [1.54, 1.807) is 81.4 Å². The number of nitrogens with one attached hydrogen (secondary N) is 2. The van der Waals surface area contributed by atoms with Gasteiger partial charge in [0.2, 0.25) is 15.9 Å². The molecule has 0 spiro atoms. The molecule has 2 N–H and O–H groups in total. The molecule has 1 heterocycles. The summed E-state index contributed by atoms with van der Waals surface area (Å²) in [6.45, 7) is 5.01. The Kier molecular flexibility index (Phi) is 10.6. The van der Waals surface area contributed by atoms with Gasteiger partial charge in [-0.1, -0.05) is 78.9 Å². The van der Waals surface area contributed by atoms with E-state index in [4.69, 9.17) is 4.74 Å². The van der Waals surface area contributed by atoms with E-state index in [0.29, 0.717) is 16.7 Å². The highest BCUT2D eigenvalue weighted by Gasteiger charge is 2.45. The number of benzene rings is 4. The van der Waals surface area contributed by atoms with Crippen molar-refractivity contribution >= 4 is 27.8 Å². The molecule has 11 heteroatoms. The van der Waals surface area contributed by atoms with E-state index >= 15 is 0 Å². The van der Waals surface area contributed by atoms with E-state index < -0.39 is 51.5 Å². The van der Waals surface area contributed by atoms with Crippen molar-refractivity contribution in [2.24, 2.45) is 0 Å². The number of nitriles is 1. The van der Waals surface area contributed by atoms with Gasteiger partial charge in [0.25, 0.3) is 5.91 Å². The zero-order chi connectivity index (χ0) is 35.2. The Morgan fingerprint density at radius 2 is 1.51 bits per heavy atom. The molecular weight excluding hydrogens is 641 g/mol. The molecule has 1 aliphatic rings. The first kappa shape index (κ1) is 35.0. The first-order chi connectivity index (χ1) is 23.4. The lowest BCUT2D eigenvalue weighted by atomic mass is 9.97. The van der Waals surface area contributed by atoms with E-state index in [2.05, 4.69) is 16.7 Å². The predicted octanol–water partition coefficient (Wildman–Crippen LogP) is 4.86. The summed E-state index contributed by atoms with van der Waals surface area (Å²) < 4.78 is 34.5. The number of ether oxygens (including phenoxy) is 1. The second-order valence-corrected chi connectivity index (χ2v) is 14.7. The van der Waals surface area contributed by atoms with Crippen LogP contribution in [0.4, 0.5) is 0 Å². The zero-order valence-electron chi connectivity index (χ0n) is 27.5. The fraction of sp³-hybridized carbons (Fsp3) is 0.263. The van der Waals surface area contributed by atoms with Gasteiger partial charge in [-0.15, -0.1) is 0 Å². The van der Waals surface area contributed by atoms with Crippen molar-refractivity contribution in [2.75, 3.05) is 6.54 Å². The second-order valence-electron chi connectivity index (χ2n) is 12.8. The van der Waals surface area contributed by atoms with Crippen LogP contribution in [0.3, 0.4) is 0 Å². The molecule has 4 aromatic rings. The standard InChI is InChI=1S/C38H38N4O6S/c1-38(2,3)48-37(45)33(22-26-18-20-27(21-19-26)32-17-11-10-14-29(32)24-39)41-36(44)34-23-30(40-35(43)28-12-6-4-7-13-28)25-42(34)49(46,47)31-15-8-5-9-16-31/h4-21,30,33-34H,22-23,25H2,1-3H3,(H,40,43)(H,41,44)/t30-,33?,34?/m1/s1. The highest BCUT2D eigenvalue weighted by molar-refractivity contribution is 7.89. The molecule has 1 fully saturated rings. The van der Waals surface area contributed by atoms with Crippen LogP contribution in [-0.2, 0) is 30.8 Å². The minimum Gasteiger partial charge on any atom is -0.458 e. The van der Waals surface area contributed by atoms with E-state index in [0.717, 1.165) is 15.4 Å². The van der Waals surface area contributed by atoms with Gasteiger partial charge in [0, 0.05) is 24.6 Å². The number of rotatable bonds is 10. The zero-order valence-corrected chi connectivity index (χ0v) is 28.3. The molecule has 0 saturated carbocycles. The fourth-order valence-corrected chi connectivity index (χ4v) is 7.39. The number of carbonyl (C=O) groups excluding carboxylic acids is 3. The van der Waals surface area contributed by atoms with Crippen molar-refractivity contribution in [1.29, 1.82) is 5.26 Å². The number of amides is 2. The van der Waals surface area contributed by atoms with Crippen LogP contribution >= 0.6 is 0 Å². The first-order valence-corrected chi connectivity index (χ1v) is 17.3. The van der Waals surface area contributed by atoms with Crippen LogP contribution in [-0.4, -0.2) is 60.8 Å². The van der Waals surface area contributed by atoms with Crippen LogP contribution < -0.4 is 10.6 Å². The number of hydrogen-bond acceptors (Lipinski definition) is 7. The molecule has 4 aromatic carbocycles. The van der Waals surface area contributed by atoms with E-state index in [1.807, 2.05) is 36.4 Å². The van der Waals surface area contributed by atoms with Gasteiger partial charge in [-0.05, 0) is 74.2 Å². The summed E-state index contributed by atoms with van der Waals surface area (Å²) in [5, 5.41) is 15.2. The maximum absolute atomic E-state index is 14.0. The average Bonchev–Trinajstić information content (AvgIpc) is 3.53. The molecule has 1 saturated heterocycles. The number of esters is 1. The third-order valence-electron chi connectivity index (χ3n) is 8.04. The summed E-state index contributed by atoms with van der Waals surface area (Å²) in [7, 11) is -4.16. The van der Waals surface area contributed by atoms with Gasteiger partial charge in [-0.2, -0.15) is 9.57 Å². The number of nitrogens with zero attached hydrogens (tertiary/aromatic N) is 2. The lowest BCUT2D eigenvalue weighted by molar-refractivity contribution is -0.158. The molecule has 5 rings (SSSR count). The Morgan fingerprint density at radius 1 is 0.898 bits per heavy atom. The lowest BCUT2D eigenvalue weighted by Gasteiger charge is -2.27. The summed E-state index contributed by atoms with van der Waals surface area (Å²) in [5.41, 5.74) is 2.37. The molecular formula is C38H38N4O6S. The Hall–Kier alpha value is -5.31. The number of sulfonamides is 1. The topological polar surface area (TPSA) is 146 Å². The van der Waals surface area contributed by atoms with Crippen LogP contribution in [0, 0.1) is 11.3 Å². The molecule has 0 aromatic heterocycles. The molecule has 0 bridgehead atoms. The Morgan fingerprint density at radius 3 is 2.14 bits per heavy atom. The van der Waals surface area contributed by atoms with Gasteiger partial charge in [0.15, 0.2) is 0 Å². The maximum Gasteiger partial charge on any atom is 0.329 e. The van der Waals surface area contributed by atoms with Crippen molar-refractivity contribution in [1.82, 2.24) is 14.9 Å². The van der Waals surface area contributed by atoms with Crippen molar-refractivity contribution in [3.05, 3.63) is 126 Å². The van der Waals surface area contributed by atoms with Crippen LogP contribution in [0.2, 0.25) is 0 Å². The highest BCUT2D eigenvalue weighted by Crippen LogP contribution is 2.28. The normalized spacial score (nSPS) is 17.0. The minimum absolute atomic E-state index is 0.00425. The first-order valence-electron chi connectivity index (χ1n) is 15.9. The van der Waals surface area contributed by atoms with Crippen LogP contribution in [0.15, 0.2) is 114 Å². The van der Waals surface area contributed by atoms with Gasteiger partial charge >= 0.3 is 5.97 Å². The van der Waals surface area contributed by atoms with E-state index in [1.165, 1.54) is 12.1 Å². The average molecular weight is 679 g/mol. The Labute approximate surface area is 286 Å². The molecule has 10 nitrogen and oxygen atoms in total. The molecule has 1 aliphatic heterocycles. The van der Waals surface area contributed by atoms with Crippen molar-refractivity contribution < 1.29 is 27.5 Å². The molecule has 0 aliphatic carbocycles. The third-order valence-corrected chi connectivity index (χ3v) is 9.93. The Balaban J connectivity index is 1.41. The van der Waals surface area contributed by atoms with Gasteiger partial charge < -0.3 is 15.4 Å². The lowest BCUT2D eigenvalue weighted by Crippen LogP contribution is -2.52. The minimum atomic E-state index is -4.16. The molecule has 2 amide bonds. The van der Waals surface area contributed by atoms with Crippen LogP contribution in [0.25, 0.3) is 11.1 Å². The van der Waals surface area contributed by atoms with Crippen molar-refractivity contribution in [2.45, 2.75) is 62.2 Å². The molecule has 2 unspecified atom stereocenters. The van der Waals surface area contributed by atoms with Gasteiger partial charge in [-0.3, -0.25) is 9.59 Å². The van der Waals surface area contributed by atoms with Crippen LogP contribution in [0.1, 0.15) is 48.7 Å². The maximum atomic E-state index is 14.0. The summed E-state index contributed by atoms with van der Waals surface area (Å²) in [6, 6.07) is 30.0. The van der Waals surface area contributed by atoms with Crippen molar-refractivity contribution in [3.63, 3.8) is 0 Å². The van der Waals surface area contributed by atoms with Crippen LogP contribution in [0.5, 0.6) is 0 Å². The predicted molar refractivity (Wildman–Crippen MR) is 185 cm³/mol. The smallest absolute Gasteiger partial charge is 0.329 e. The van der Waals surface area contributed by atoms with Gasteiger partial charge in [-0.25, -0.2) is 13.2 Å². The third kappa shape index (κ3) is 8.59. The Bertz CT molecular complexity index is 1950.